The number of likely N-dealkylation sites (N-methyl/N-ethyl adjacent to an activating group) is 1. The van der Waals surface area contributed by atoms with Gasteiger partial charge in [-0.25, -0.2) is 9.59 Å². The summed E-state index contributed by atoms with van der Waals surface area (Å²) in [6.45, 7) is 2.75. The number of piperidine rings is 1. The smallest absolute Gasteiger partial charge is 0.490 e. The summed E-state index contributed by atoms with van der Waals surface area (Å²) in [5.74, 6) is -4.64. The first kappa shape index (κ1) is 32.8. The van der Waals surface area contributed by atoms with Crippen LogP contribution in [-0.4, -0.2) is 77.9 Å². The zero-order valence-electron chi connectivity index (χ0n) is 21.6. The number of rotatable bonds is 4. The number of carbonyl (C=O) groups is 2. The molecule has 222 valence electrons. The van der Waals surface area contributed by atoms with Gasteiger partial charge in [-0.3, -0.25) is 4.90 Å². The molecule has 4 rings (SSSR count). The lowest BCUT2D eigenvalue weighted by Gasteiger charge is -2.40. The molecule has 1 spiro atoms. The molecular formula is C26H30F6N2O6. The Bertz CT molecular complexity index is 1110. The number of aliphatic hydroxyl groups excluding tert-OH is 1. The van der Waals surface area contributed by atoms with E-state index in [9.17, 15) is 31.4 Å². The molecule has 8 nitrogen and oxygen atoms in total. The van der Waals surface area contributed by atoms with Crippen LogP contribution in [0.15, 0.2) is 48.5 Å². The van der Waals surface area contributed by atoms with Crippen LogP contribution < -0.4 is 10.1 Å². The van der Waals surface area contributed by atoms with Crippen molar-refractivity contribution in [2.45, 2.75) is 49.3 Å². The van der Waals surface area contributed by atoms with Crippen LogP contribution in [0.5, 0.6) is 5.75 Å². The number of hydrogen-bond donors (Lipinski definition) is 4. The molecule has 2 atom stereocenters. The van der Waals surface area contributed by atoms with Gasteiger partial charge < -0.3 is 25.4 Å². The minimum absolute atomic E-state index is 0.0337. The van der Waals surface area contributed by atoms with Crippen molar-refractivity contribution in [3.63, 3.8) is 0 Å². The fraction of sp³-hybridized carbons (Fsp3) is 0.462. The van der Waals surface area contributed by atoms with E-state index >= 15 is 0 Å². The highest BCUT2D eigenvalue weighted by Gasteiger charge is 2.52. The molecule has 2 aromatic carbocycles. The van der Waals surface area contributed by atoms with Gasteiger partial charge in [-0.2, -0.15) is 26.3 Å². The highest BCUT2D eigenvalue weighted by Crippen LogP contribution is 2.52. The number of methoxy groups -OCH3 is 1. The molecule has 14 heteroatoms. The molecule has 0 radical (unpaired) electrons. The van der Waals surface area contributed by atoms with Crippen molar-refractivity contribution in [1.29, 1.82) is 0 Å². The third-order valence-corrected chi connectivity index (χ3v) is 6.73. The molecule has 0 saturated carbocycles. The minimum Gasteiger partial charge on any atom is -0.497 e. The molecule has 2 aliphatic rings. The van der Waals surface area contributed by atoms with E-state index in [4.69, 9.17) is 24.5 Å². The second-order valence-corrected chi connectivity index (χ2v) is 9.25. The number of benzene rings is 2. The molecule has 1 heterocycles. The maximum atomic E-state index is 11.4. The number of hydrogen-bond acceptors (Lipinski definition) is 6. The number of carboxylic acid groups (broad SMARTS) is 2. The van der Waals surface area contributed by atoms with Crippen molar-refractivity contribution in [3.05, 3.63) is 65.2 Å². The number of nitrogens with one attached hydrogen (secondary N) is 1. The van der Waals surface area contributed by atoms with E-state index in [1.54, 1.807) is 7.11 Å². The standard InChI is InChI=1S/C22H28N2O2.2C2HF3O2/c1-24(15-16-7-9-17(26-2)10-8-16)20-18-5-3-4-6-19(18)22(21(20)25)11-13-23-14-12-22;2*3-2(4,5)1(6)7/h3-10,20-21,23,25H,11-15H2,1-2H3;2*(H,6,7)/t20-,21+;;/m1../s1. The van der Waals surface area contributed by atoms with Crippen molar-refractivity contribution < 1.29 is 56.0 Å². The van der Waals surface area contributed by atoms with Crippen LogP contribution in [0, 0.1) is 0 Å². The third kappa shape index (κ3) is 8.08. The topological polar surface area (TPSA) is 119 Å². The van der Waals surface area contributed by atoms with Gasteiger partial charge in [0.25, 0.3) is 0 Å². The zero-order valence-corrected chi connectivity index (χ0v) is 21.6. The molecular weight excluding hydrogens is 550 g/mol. The van der Waals surface area contributed by atoms with Crippen LogP contribution in [0.2, 0.25) is 0 Å². The van der Waals surface area contributed by atoms with Crippen molar-refractivity contribution in [2.24, 2.45) is 0 Å². The molecule has 40 heavy (non-hydrogen) atoms. The Labute approximate surface area is 226 Å². The lowest BCUT2D eigenvalue weighted by Crippen LogP contribution is -2.48. The normalized spacial score (nSPS) is 19.6. The van der Waals surface area contributed by atoms with Crippen LogP contribution in [0.3, 0.4) is 0 Å². The van der Waals surface area contributed by atoms with Crippen LogP contribution in [-0.2, 0) is 21.5 Å². The summed E-state index contributed by atoms with van der Waals surface area (Å²) in [5, 5.41) is 29.1. The van der Waals surface area contributed by atoms with Gasteiger partial charge in [-0.1, -0.05) is 36.4 Å². The molecule has 0 bridgehead atoms. The van der Waals surface area contributed by atoms with E-state index in [1.165, 1.54) is 16.7 Å². The summed E-state index contributed by atoms with van der Waals surface area (Å²) in [4.78, 5) is 20.1. The van der Waals surface area contributed by atoms with Gasteiger partial charge in [0.15, 0.2) is 0 Å². The molecule has 0 aromatic heterocycles. The molecule has 1 aliphatic carbocycles. The lowest BCUT2D eigenvalue weighted by atomic mass is 9.72. The summed E-state index contributed by atoms with van der Waals surface area (Å²) in [7, 11) is 3.81. The number of alkyl halides is 6. The highest BCUT2D eigenvalue weighted by molar-refractivity contribution is 5.73. The van der Waals surface area contributed by atoms with E-state index in [2.05, 4.69) is 53.7 Å². The largest absolute Gasteiger partial charge is 0.497 e. The summed E-state index contributed by atoms with van der Waals surface area (Å²) < 4.78 is 68.7. The predicted octanol–water partition coefficient (Wildman–Crippen LogP) is 4.13. The van der Waals surface area contributed by atoms with Gasteiger partial charge in [0.2, 0.25) is 0 Å². The van der Waals surface area contributed by atoms with Crippen molar-refractivity contribution >= 4 is 11.9 Å². The SMILES string of the molecule is COc1ccc(CN(C)[C@@H]2c3ccccc3C3(CCNCC3)[C@H]2O)cc1.O=C(O)C(F)(F)F.O=C(O)C(F)(F)F. The zero-order chi connectivity index (χ0) is 30.3. The van der Waals surface area contributed by atoms with E-state index < -0.39 is 24.3 Å². The molecule has 0 unspecified atom stereocenters. The van der Waals surface area contributed by atoms with Crippen molar-refractivity contribution in [3.8, 4) is 5.75 Å². The minimum atomic E-state index is -5.08. The monoisotopic (exact) mass is 580 g/mol. The van der Waals surface area contributed by atoms with E-state index in [1.807, 2.05) is 12.1 Å². The maximum absolute atomic E-state index is 11.4. The van der Waals surface area contributed by atoms with Gasteiger partial charge >= 0.3 is 24.3 Å². The first-order valence-electron chi connectivity index (χ1n) is 12.0. The number of halogens is 6. The van der Waals surface area contributed by atoms with Crippen molar-refractivity contribution in [1.82, 2.24) is 10.2 Å². The summed E-state index contributed by atoms with van der Waals surface area (Å²) in [5.41, 5.74) is 3.75. The average Bonchev–Trinajstić information content (AvgIpc) is 3.12. The fourth-order valence-corrected chi connectivity index (χ4v) is 4.87. The number of nitrogens with zero attached hydrogens (tertiary/aromatic N) is 1. The lowest BCUT2D eigenvalue weighted by molar-refractivity contribution is -0.193. The Kier molecular flexibility index (Phi) is 10.9. The Balaban J connectivity index is 0.000000333. The molecule has 2 aromatic rings. The number of aliphatic carboxylic acids is 2. The van der Waals surface area contributed by atoms with Gasteiger partial charge in [0.05, 0.1) is 19.3 Å². The predicted molar refractivity (Wildman–Crippen MR) is 131 cm³/mol. The first-order chi connectivity index (χ1) is 18.5. The Morgan fingerprint density at radius 1 is 0.950 bits per heavy atom. The number of aliphatic hydroxyl groups is 1. The van der Waals surface area contributed by atoms with Crippen molar-refractivity contribution in [2.75, 3.05) is 27.2 Å². The number of ether oxygens (including phenoxy) is 1. The fourth-order valence-electron chi connectivity index (χ4n) is 4.87. The van der Waals surface area contributed by atoms with Crippen LogP contribution in [0.1, 0.15) is 35.6 Å². The van der Waals surface area contributed by atoms with Gasteiger partial charge in [-0.15, -0.1) is 0 Å². The van der Waals surface area contributed by atoms with E-state index in [0.717, 1.165) is 38.2 Å². The van der Waals surface area contributed by atoms with E-state index in [0.29, 0.717) is 0 Å². The van der Waals surface area contributed by atoms with Crippen LogP contribution in [0.4, 0.5) is 26.3 Å². The summed E-state index contributed by atoms with van der Waals surface area (Å²) in [6.07, 6.45) is -8.54. The van der Waals surface area contributed by atoms with Gasteiger partial charge in [0.1, 0.15) is 5.75 Å². The summed E-state index contributed by atoms with van der Waals surface area (Å²) >= 11 is 0. The summed E-state index contributed by atoms with van der Waals surface area (Å²) in [6, 6.07) is 16.9. The van der Waals surface area contributed by atoms with E-state index in [-0.39, 0.29) is 17.6 Å². The third-order valence-electron chi connectivity index (χ3n) is 6.73. The number of fused-ring (bicyclic) bond motifs is 2. The van der Waals surface area contributed by atoms with Gasteiger partial charge in [0, 0.05) is 12.0 Å². The quantitative estimate of drug-likeness (QED) is 0.399. The maximum Gasteiger partial charge on any atom is 0.490 e. The highest BCUT2D eigenvalue weighted by atomic mass is 19.4. The Hall–Kier alpha value is -3.36. The van der Waals surface area contributed by atoms with Gasteiger partial charge in [-0.05, 0) is 61.8 Å². The number of carboxylic acids is 2. The second-order valence-electron chi connectivity index (χ2n) is 9.25. The second kappa shape index (κ2) is 13.3. The average molecular weight is 581 g/mol. The first-order valence-corrected chi connectivity index (χ1v) is 12.0. The molecule has 0 amide bonds. The van der Waals surface area contributed by atoms with Crippen LogP contribution in [0.25, 0.3) is 0 Å². The Morgan fingerprint density at radius 3 is 1.88 bits per heavy atom. The van der Waals surface area contributed by atoms with Crippen LogP contribution >= 0.6 is 0 Å². The molecule has 4 N–H and O–H groups in total. The molecule has 1 saturated heterocycles. The Morgan fingerprint density at radius 2 is 1.43 bits per heavy atom. The molecule has 1 aliphatic heterocycles. The molecule has 1 fully saturated rings.